The Bertz CT molecular complexity index is 1010. The lowest BCUT2D eigenvalue weighted by molar-refractivity contribution is -0.126. The van der Waals surface area contributed by atoms with Crippen molar-refractivity contribution in [3.05, 3.63) is 51.7 Å². The second-order valence-corrected chi connectivity index (χ2v) is 9.64. The lowest BCUT2D eigenvalue weighted by atomic mass is 9.94. The average molecular weight is 438 g/mol. The van der Waals surface area contributed by atoms with Crippen molar-refractivity contribution < 1.29 is 14.4 Å². The van der Waals surface area contributed by atoms with Gasteiger partial charge in [-0.25, -0.2) is 0 Å². The highest BCUT2D eigenvalue weighted by molar-refractivity contribution is 7.10. The molecule has 162 valence electrons. The van der Waals surface area contributed by atoms with Crippen LogP contribution in [0.2, 0.25) is 0 Å². The van der Waals surface area contributed by atoms with Gasteiger partial charge in [0.2, 0.25) is 5.91 Å². The summed E-state index contributed by atoms with van der Waals surface area (Å²) in [5.41, 5.74) is 1.91. The Morgan fingerprint density at radius 1 is 1.10 bits per heavy atom. The first kappa shape index (κ1) is 20.2. The van der Waals surface area contributed by atoms with Crippen LogP contribution in [0.1, 0.15) is 70.7 Å². The molecule has 3 heterocycles. The number of rotatable bonds is 6. The number of fused-ring (bicyclic) bond motifs is 1. The molecule has 1 atom stereocenters. The molecule has 7 heteroatoms. The van der Waals surface area contributed by atoms with Crippen molar-refractivity contribution >= 4 is 34.7 Å². The molecule has 1 N–H and O–H groups in total. The number of anilines is 1. The van der Waals surface area contributed by atoms with Crippen molar-refractivity contribution in [1.82, 2.24) is 10.2 Å². The molecule has 1 aromatic carbocycles. The normalized spacial score (nSPS) is 20.2. The minimum atomic E-state index is -0.155. The standard InChI is InChI=1S/C24H27N3O3S/c1-2-18(20-7-4-14-31-20)25-22(28)15-10-12-26(13-11-15)19-6-3-5-17-21(19)24(30)27(23(17)29)16-8-9-16/h3-7,14-16,18H,2,8-13H2,1H3,(H,25,28). The molecule has 3 amide bonds. The van der Waals surface area contributed by atoms with Crippen LogP contribution >= 0.6 is 11.3 Å². The molecular formula is C24H27N3O3S. The Hall–Kier alpha value is -2.67. The van der Waals surface area contributed by atoms with Gasteiger partial charge < -0.3 is 10.2 Å². The SMILES string of the molecule is CCC(NC(=O)C1CCN(c2cccc3c2C(=O)N(C2CC2)C3=O)CC1)c1cccs1. The van der Waals surface area contributed by atoms with Gasteiger partial charge in [-0.3, -0.25) is 19.3 Å². The fourth-order valence-corrected chi connectivity index (χ4v) is 5.61. The van der Waals surface area contributed by atoms with Gasteiger partial charge in [-0.15, -0.1) is 11.3 Å². The minimum Gasteiger partial charge on any atom is -0.371 e. The van der Waals surface area contributed by atoms with E-state index in [-0.39, 0.29) is 35.7 Å². The molecule has 0 radical (unpaired) electrons. The Labute approximate surface area is 186 Å². The molecule has 2 aromatic rings. The zero-order valence-electron chi connectivity index (χ0n) is 17.7. The fourth-order valence-electron chi connectivity index (χ4n) is 4.75. The van der Waals surface area contributed by atoms with E-state index in [1.165, 1.54) is 9.78 Å². The predicted octanol–water partition coefficient (Wildman–Crippen LogP) is 3.99. The minimum absolute atomic E-state index is 0.0256. The maximum Gasteiger partial charge on any atom is 0.263 e. The van der Waals surface area contributed by atoms with Crippen molar-refractivity contribution in [1.29, 1.82) is 0 Å². The van der Waals surface area contributed by atoms with Gasteiger partial charge in [0, 0.05) is 29.9 Å². The smallest absolute Gasteiger partial charge is 0.263 e. The van der Waals surface area contributed by atoms with Crippen molar-refractivity contribution in [3.8, 4) is 0 Å². The van der Waals surface area contributed by atoms with Crippen LogP contribution in [-0.2, 0) is 4.79 Å². The van der Waals surface area contributed by atoms with Crippen LogP contribution in [-0.4, -0.2) is 41.8 Å². The Balaban J connectivity index is 1.26. The third-order valence-electron chi connectivity index (χ3n) is 6.65. The largest absolute Gasteiger partial charge is 0.371 e. The zero-order chi connectivity index (χ0) is 21.5. The summed E-state index contributed by atoms with van der Waals surface area (Å²) in [5, 5.41) is 5.26. The number of carbonyl (C=O) groups excluding carboxylic acids is 3. The van der Waals surface area contributed by atoms with Crippen molar-refractivity contribution in [2.45, 2.75) is 51.1 Å². The quantitative estimate of drug-likeness (QED) is 0.694. The lowest BCUT2D eigenvalue weighted by Gasteiger charge is -2.34. The molecule has 6 nitrogen and oxygen atoms in total. The molecular weight excluding hydrogens is 410 g/mol. The monoisotopic (exact) mass is 437 g/mol. The van der Waals surface area contributed by atoms with Crippen molar-refractivity contribution in [2.75, 3.05) is 18.0 Å². The number of nitrogens with zero attached hydrogens (tertiary/aromatic N) is 2. The Kier molecular flexibility index (Phi) is 5.30. The lowest BCUT2D eigenvalue weighted by Crippen LogP contribution is -2.42. The highest BCUT2D eigenvalue weighted by atomic mass is 32.1. The van der Waals surface area contributed by atoms with Crippen LogP contribution < -0.4 is 10.2 Å². The fraction of sp³-hybridized carbons (Fsp3) is 0.458. The predicted molar refractivity (Wildman–Crippen MR) is 120 cm³/mol. The van der Waals surface area contributed by atoms with E-state index in [1.807, 2.05) is 23.6 Å². The highest BCUT2D eigenvalue weighted by Crippen LogP contribution is 2.39. The number of nitrogens with one attached hydrogen (secondary N) is 1. The molecule has 5 rings (SSSR count). The van der Waals surface area contributed by atoms with Crippen molar-refractivity contribution in [2.24, 2.45) is 5.92 Å². The number of thiophene rings is 1. The van der Waals surface area contributed by atoms with Gasteiger partial charge in [0.25, 0.3) is 11.8 Å². The number of hydrogen-bond donors (Lipinski definition) is 1. The number of carbonyl (C=O) groups is 3. The summed E-state index contributed by atoms with van der Waals surface area (Å²) in [6.07, 6.45) is 4.17. The van der Waals surface area contributed by atoms with Gasteiger partial charge in [-0.1, -0.05) is 19.1 Å². The zero-order valence-corrected chi connectivity index (χ0v) is 18.5. The van der Waals surface area contributed by atoms with Crippen LogP contribution in [0.25, 0.3) is 0 Å². The number of imide groups is 1. The van der Waals surface area contributed by atoms with Crippen LogP contribution in [0.15, 0.2) is 35.7 Å². The molecule has 31 heavy (non-hydrogen) atoms. The van der Waals surface area contributed by atoms with E-state index in [9.17, 15) is 14.4 Å². The first-order valence-corrected chi connectivity index (χ1v) is 12.1. The summed E-state index contributed by atoms with van der Waals surface area (Å²) in [6.45, 7) is 3.50. The van der Waals surface area contributed by atoms with Crippen LogP contribution in [0.5, 0.6) is 0 Å². The number of hydrogen-bond acceptors (Lipinski definition) is 5. The third-order valence-corrected chi connectivity index (χ3v) is 7.64. The Morgan fingerprint density at radius 3 is 2.52 bits per heavy atom. The molecule has 3 aliphatic rings. The maximum atomic E-state index is 13.0. The molecule has 1 saturated carbocycles. The van der Waals surface area contributed by atoms with Crippen LogP contribution in [0.4, 0.5) is 5.69 Å². The van der Waals surface area contributed by atoms with E-state index in [0.29, 0.717) is 24.2 Å². The highest BCUT2D eigenvalue weighted by Gasteiger charge is 2.46. The van der Waals surface area contributed by atoms with Gasteiger partial charge in [-0.2, -0.15) is 0 Å². The molecule has 1 aromatic heterocycles. The summed E-state index contributed by atoms with van der Waals surface area (Å²) in [4.78, 5) is 43.4. The van der Waals surface area contributed by atoms with E-state index < -0.39 is 0 Å². The van der Waals surface area contributed by atoms with E-state index in [1.54, 1.807) is 17.4 Å². The summed E-state index contributed by atoms with van der Waals surface area (Å²) in [5.74, 6) is -0.218. The first-order chi connectivity index (χ1) is 15.1. The van der Waals surface area contributed by atoms with Gasteiger partial charge in [0.05, 0.1) is 22.9 Å². The summed E-state index contributed by atoms with van der Waals surface area (Å²) >= 11 is 1.67. The van der Waals surface area contributed by atoms with E-state index in [0.717, 1.165) is 37.8 Å². The summed E-state index contributed by atoms with van der Waals surface area (Å²) in [7, 11) is 0. The maximum absolute atomic E-state index is 13.0. The molecule has 2 fully saturated rings. The Morgan fingerprint density at radius 2 is 1.87 bits per heavy atom. The van der Waals surface area contributed by atoms with Gasteiger partial charge in [-0.05, 0) is 55.7 Å². The van der Waals surface area contributed by atoms with Crippen LogP contribution in [0, 0.1) is 5.92 Å². The summed E-state index contributed by atoms with van der Waals surface area (Å²) in [6, 6.07) is 9.79. The number of amides is 3. The van der Waals surface area contributed by atoms with Crippen molar-refractivity contribution in [3.63, 3.8) is 0 Å². The first-order valence-electron chi connectivity index (χ1n) is 11.2. The second kappa shape index (κ2) is 8.11. The van der Waals surface area contributed by atoms with Crippen LogP contribution in [0.3, 0.4) is 0 Å². The third kappa shape index (κ3) is 3.65. The van der Waals surface area contributed by atoms with E-state index >= 15 is 0 Å². The van der Waals surface area contributed by atoms with E-state index in [4.69, 9.17) is 0 Å². The van der Waals surface area contributed by atoms with E-state index in [2.05, 4.69) is 23.2 Å². The number of benzene rings is 1. The average Bonchev–Trinajstić information content (AvgIpc) is 3.40. The molecule has 1 unspecified atom stereocenters. The molecule has 0 bridgehead atoms. The molecule has 1 saturated heterocycles. The van der Waals surface area contributed by atoms with Gasteiger partial charge in [0.1, 0.15) is 0 Å². The van der Waals surface area contributed by atoms with Gasteiger partial charge in [0.15, 0.2) is 0 Å². The second-order valence-electron chi connectivity index (χ2n) is 8.66. The number of piperidine rings is 1. The molecule has 0 spiro atoms. The topological polar surface area (TPSA) is 69.7 Å². The molecule has 1 aliphatic carbocycles. The summed E-state index contributed by atoms with van der Waals surface area (Å²) < 4.78 is 0. The molecule has 2 aliphatic heterocycles. The van der Waals surface area contributed by atoms with Gasteiger partial charge >= 0.3 is 0 Å².